The Morgan fingerprint density at radius 1 is 1.26 bits per heavy atom. The summed E-state index contributed by atoms with van der Waals surface area (Å²) in [7, 11) is 1.58. The van der Waals surface area contributed by atoms with Crippen molar-refractivity contribution in [3.8, 4) is 17.4 Å². The van der Waals surface area contributed by atoms with Gasteiger partial charge in [-0.3, -0.25) is 0 Å². The van der Waals surface area contributed by atoms with Crippen molar-refractivity contribution in [2.45, 2.75) is 25.4 Å². The second-order valence-corrected chi connectivity index (χ2v) is 6.62. The highest BCUT2D eigenvalue weighted by Crippen LogP contribution is 2.38. The van der Waals surface area contributed by atoms with Gasteiger partial charge in [0.25, 0.3) is 0 Å². The Kier molecular flexibility index (Phi) is 5.00. The Morgan fingerprint density at radius 3 is 2.96 bits per heavy atom. The average molecular weight is 369 g/mol. The van der Waals surface area contributed by atoms with Crippen LogP contribution in [0, 0.1) is 0 Å². The van der Waals surface area contributed by atoms with Gasteiger partial charge in [0, 0.05) is 25.4 Å². The molecule has 1 aromatic heterocycles. The Morgan fingerprint density at radius 2 is 2.11 bits per heavy atom. The smallest absolute Gasteiger partial charge is 0.318 e. The average Bonchev–Trinajstić information content (AvgIpc) is 3.22. The van der Waals surface area contributed by atoms with Crippen LogP contribution in [0.3, 0.4) is 0 Å². The van der Waals surface area contributed by atoms with Crippen molar-refractivity contribution in [2.75, 3.05) is 26.9 Å². The molecule has 4 rings (SSSR count). The Bertz CT molecular complexity index is 827. The van der Waals surface area contributed by atoms with Crippen molar-refractivity contribution >= 4 is 6.03 Å². The lowest BCUT2D eigenvalue weighted by atomic mass is 10.0. The van der Waals surface area contributed by atoms with Gasteiger partial charge in [0.05, 0.1) is 13.2 Å². The van der Waals surface area contributed by atoms with Crippen LogP contribution in [0.1, 0.15) is 30.0 Å². The van der Waals surface area contributed by atoms with Crippen LogP contribution < -0.4 is 19.5 Å². The van der Waals surface area contributed by atoms with Gasteiger partial charge >= 0.3 is 6.03 Å². The van der Waals surface area contributed by atoms with Crippen LogP contribution in [0.5, 0.6) is 17.4 Å². The minimum absolute atomic E-state index is 0.0489. The molecule has 3 heterocycles. The second kappa shape index (κ2) is 7.73. The third-order valence-electron chi connectivity index (χ3n) is 4.92. The zero-order valence-corrected chi connectivity index (χ0v) is 15.3. The summed E-state index contributed by atoms with van der Waals surface area (Å²) in [6, 6.07) is 9.63. The van der Waals surface area contributed by atoms with Crippen LogP contribution in [0.25, 0.3) is 0 Å². The number of fused-ring (bicyclic) bond motifs is 1. The summed E-state index contributed by atoms with van der Waals surface area (Å²) < 4.78 is 16.4. The molecule has 0 radical (unpaired) electrons. The molecule has 0 aliphatic carbocycles. The summed E-state index contributed by atoms with van der Waals surface area (Å²) in [6.07, 6.45) is 3.60. The molecule has 0 spiro atoms. The molecule has 2 aliphatic heterocycles. The lowest BCUT2D eigenvalue weighted by Gasteiger charge is -2.27. The van der Waals surface area contributed by atoms with Gasteiger partial charge in [-0.25, -0.2) is 9.78 Å². The first-order valence-corrected chi connectivity index (χ1v) is 9.17. The number of hydrogen-bond acceptors (Lipinski definition) is 5. The molecule has 2 aromatic rings. The fraction of sp³-hybridized carbons (Fsp3) is 0.400. The number of hydrogen-bond donors (Lipinski definition) is 1. The third kappa shape index (κ3) is 3.77. The number of carbonyl (C=O) groups excluding carboxylic acids is 1. The van der Waals surface area contributed by atoms with E-state index in [0.717, 1.165) is 42.0 Å². The van der Waals surface area contributed by atoms with E-state index in [-0.39, 0.29) is 12.1 Å². The van der Waals surface area contributed by atoms with Gasteiger partial charge in [0.1, 0.15) is 13.2 Å². The number of nitrogens with zero attached hydrogens (tertiary/aromatic N) is 2. The minimum atomic E-state index is -0.0665. The van der Waals surface area contributed by atoms with Gasteiger partial charge in [0.15, 0.2) is 11.5 Å². The van der Waals surface area contributed by atoms with Gasteiger partial charge in [-0.2, -0.15) is 0 Å². The largest absolute Gasteiger partial charge is 0.486 e. The molecule has 27 heavy (non-hydrogen) atoms. The van der Waals surface area contributed by atoms with Gasteiger partial charge in [-0.1, -0.05) is 6.07 Å². The highest BCUT2D eigenvalue weighted by molar-refractivity contribution is 5.75. The van der Waals surface area contributed by atoms with Gasteiger partial charge < -0.3 is 24.4 Å². The molecule has 1 aromatic carbocycles. The number of methoxy groups -OCH3 is 1. The number of rotatable bonds is 4. The summed E-state index contributed by atoms with van der Waals surface area (Å²) in [5.41, 5.74) is 2.03. The lowest BCUT2D eigenvalue weighted by Crippen LogP contribution is -2.39. The van der Waals surface area contributed by atoms with Crippen molar-refractivity contribution < 1.29 is 19.0 Å². The number of nitrogens with one attached hydrogen (secondary N) is 1. The third-order valence-corrected chi connectivity index (χ3v) is 4.92. The fourth-order valence-electron chi connectivity index (χ4n) is 3.57. The van der Waals surface area contributed by atoms with Crippen LogP contribution >= 0.6 is 0 Å². The zero-order chi connectivity index (χ0) is 18.6. The molecule has 1 unspecified atom stereocenters. The van der Waals surface area contributed by atoms with E-state index in [9.17, 15) is 4.79 Å². The van der Waals surface area contributed by atoms with Crippen LogP contribution in [0.15, 0.2) is 36.5 Å². The van der Waals surface area contributed by atoms with Crippen molar-refractivity contribution in [2.24, 2.45) is 0 Å². The van der Waals surface area contributed by atoms with E-state index in [0.29, 0.717) is 25.6 Å². The molecule has 1 fully saturated rings. The van der Waals surface area contributed by atoms with Crippen LogP contribution in [-0.2, 0) is 6.54 Å². The molecule has 2 amide bonds. The maximum Gasteiger partial charge on any atom is 0.318 e. The fourth-order valence-corrected chi connectivity index (χ4v) is 3.57. The minimum Gasteiger partial charge on any atom is -0.486 e. The van der Waals surface area contributed by atoms with Crippen molar-refractivity contribution in [1.82, 2.24) is 15.2 Å². The lowest BCUT2D eigenvalue weighted by molar-refractivity contribution is 0.170. The maximum atomic E-state index is 12.8. The Hall–Kier alpha value is -2.96. The van der Waals surface area contributed by atoms with Crippen LogP contribution in [0.4, 0.5) is 4.79 Å². The highest BCUT2D eigenvalue weighted by atomic mass is 16.6. The number of carbonyl (C=O) groups is 1. The first kappa shape index (κ1) is 17.5. The molecule has 7 heteroatoms. The maximum absolute atomic E-state index is 12.8. The molecule has 1 N–H and O–H groups in total. The summed E-state index contributed by atoms with van der Waals surface area (Å²) in [5, 5.41) is 3.00. The molecule has 142 valence electrons. The summed E-state index contributed by atoms with van der Waals surface area (Å²) in [6.45, 7) is 2.30. The van der Waals surface area contributed by atoms with E-state index in [1.807, 2.05) is 35.2 Å². The van der Waals surface area contributed by atoms with Crippen molar-refractivity contribution in [1.29, 1.82) is 0 Å². The molecule has 7 nitrogen and oxygen atoms in total. The number of aromatic nitrogens is 1. The molecule has 1 atom stereocenters. The Balaban J connectivity index is 1.43. The normalized spacial score (nSPS) is 18.3. The zero-order valence-electron chi connectivity index (χ0n) is 15.3. The highest BCUT2D eigenvalue weighted by Gasteiger charge is 2.30. The number of pyridine rings is 1. The number of amides is 2. The van der Waals surface area contributed by atoms with Gasteiger partial charge in [0.2, 0.25) is 5.88 Å². The summed E-state index contributed by atoms with van der Waals surface area (Å²) >= 11 is 0. The van der Waals surface area contributed by atoms with Gasteiger partial charge in [-0.05, 0) is 42.2 Å². The second-order valence-electron chi connectivity index (χ2n) is 6.62. The van der Waals surface area contributed by atoms with Gasteiger partial charge in [-0.15, -0.1) is 0 Å². The van der Waals surface area contributed by atoms with Crippen LogP contribution in [-0.4, -0.2) is 42.8 Å². The molecular formula is C20H23N3O4. The molecule has 2 aliphatic rings. The first-order valence-electron chi connectivity index (χ1n) is 9.17. The van der Waals surface area contributed by atoms with E-state index in [1.165, 1.54) is 0 Å². The quantitative estimate of drug-likeness (QED) is 0.897. The first-order chi connectivity index (χ1) is 13.2. The number of urea groups is 1. The van der Waals surface area contributed by atoms with E-state index in [1.54, 1.807) is 13.3 Å². The van der Waals surface area contributed by atoms with Crippen LogP contribution in [0.2, 0.25) is 0 Å². The number of ether oxygens (including phenoxy) is 3. The summed E-state index contributed by atoms with van der Waals surface area (Å²) in [4.78, 5) is 18.7. The summed E-state index contributed by atoms with van der Waals surface area (Å²) in [5.74, 6) is 2.07. The molecular weight excluding hydrogens is 346 g/mol. The van der Waals surface area contributed by atoms with E-state index < -0.39 is 0 Å². The number of benzene rings is 1. The van der Waals surface area contributed by atoms with Crippen molar-refractivity contribution in [3.05, 3.63) is 47.7 Å². The van der Waals surface area contributed by atoms with Crippen molar-refractivity contribution in [3.63, 3.8) is 0 Å². The predicted octanol–water partition coefficient (Wildman–Crippen LogP) is 2.91. The molecule has 1 saturated heterocycles. The standard InChI is InChI=1S/C20H23N3O4/c1-25-19-11-14(6-7-21-19)13-22-20(24)23-8-2-3-16(23)15-4-5-17-18(12-15)27-10-9-26-17/h4-7,11-12,16H,2-3,8-10,13H2,1H3,(H,22,24). The number of likely N-dealkylation sites (tertiary alicyclic amines) is 1. The monoisotopic (exact) mass is 369 g/mol. The van der Waals surface area contributed by atoms with E-state index in [4.69, 9.17) is 14.2 Å². The van der Waals surface area contributed by atoms with E-state index >= 15 is 0 Å². The molecule has 0 bridgehead atoms. The topological polar surface area (TPSA) is 72.9 Å². The Labute approximate surface area is 158 Å². The molecule has 0 saturated carbocycles. The SMILES string of the molecule is COc1cc(CNC(=O)N2CCCC2c2ccc3c(c2)OCCO3)ccn1. The van der Waals surface area contributed by atoms with E-state index in [2.05, 4.69) is 10.3 Å². The predicted molar refractivity (Wildman–Crippen MR) is 99.1 cm³/mol.